The first-order valence-corrected chi connectivity index (χ1v) is 7.95. The van der Waals surface area contributed by atoms with Crippen molar-refractivity contribution >= 4 is 11.9 Å². The topological polar surface area (TPSA) is 28.9 Å². The molecule has 21 heavy (non-hydrogen) atoms. The number of nitrogens with one attached hydrogen (secondary N) is 3. The van der Waals surface area contributed by atoms with Crippen LogP contribution in [0.25, 0.3) is 0 Å². The fraction of sp³-hybridized carbons (Fsp3) is 0.562. The van der Waals surface area contributed by atoms with E-state index in [0.717, 1.165) is 0 Å². The van der Waals surface area contributed by atoms with Gasteiger partial charge in [-0.05, 0) is 17.7 Å². The molecule has 0 spiro atoms. The van der Waals surface area contributed by atoms with Crippen LogP contribution in [0.5, 0.6) is 0 Å². The Morgan fingerprint density at radius 3 is 1.95 bits per heavy atom. The summed E-state index contributed by atoms with van der Waals surface area (Å²) in [6, 6.07) is 8.68. The second kappa shape index (κ2) is 4.80. The number of benzene rings is 1. The highest BCUT2D eigenvalue weighted by atomic mass is 15.6. The van der Waals surface area contributed by atoms with Crippen LogP contribution in [0, 0.1) is 0 Å². The summed E-state index contributed by atoms with van der Waals surface area (Å²) in [5, 5.41) is 0. The first-order valence-electron chi connectivity index (χ1n) is 7.95. The minimum atomic E-state index is 0.189. The highest BCUT2D eigenvalue weighted by Crippen LogP contribution is 2.13. The Bertz CT molecular complexity index is 513. The molecule has 4 heterocycles. The number of anilines is 1. The van der Waals surface area contributed by atoms with E-state index in [1.807, 2.05) is 0 Å². The van der Waals surface area contributed by atoms with Crippen molar-refractivity contribution in [2.75, 3.05) is 58.6 Å². The van der Waals surface area contributed by atoms with Crippen molar-refractivity contribution in [3.8, 4) is 0 Å². The summed E-state index contributed by atoms with van der Waals surface area (Å²) in [4.78, 5) is 12.4. The molecule has 5 nitrogen and oxygen atoms in total. The number of nitrogens with zero attached hydrogens (tertiary/aromatic N) is 2. The maximum absolute atomic E-state index is 5.06. The van der Waals surface area contributed by atoms with Gasteiger partial charge in [-0.2, -0.15) is 0 Å². The standard InChI is InChI=1S/C16H23N5/c1-18(2)15-5-3-14(4-6-15)7-17-16-8-19-11-20(9-16)13-21(10-16)12-19/h3-7H,8-13H2,1-2H3/p+3. The molecule has 0 saturated carbocycles. The third-order valence-corrected chi connectivity index (χ3v) is 5.13. The summed E-state index contributed by atoms with van der Waals surface area (Å²) in [6.07, 6.45) is 2.11. The molecule has 4 saturated heterocycles. The van der Waals surface area contributed by atoms with E-state index < -0.39 is 0 Å². The summed E-state index contributed by atoms with van der Waals surface area (Å²) >= 11 is 0. The van der Waals surface area contributed by atoms with Gasteiger partial charge in [0.2, 0.25) is 25.5 Å². The van der Waals surface area contributed by atoms with Gasteiger partial charge in [0.15, 0.2) is 0 Å². The van der Waals surface area contributed by atoms with Crippen molar-refractivity contribution in [2.24, 2.45) is 4.99 Å². The van der Waals surface area contributed by atoms with Crippen molar-refractivity contribution in [1.29, 1.82) is 0 Å². The van der Waals surface area contributed by atoms with Gasteiger partial charge < -0.3 is 4.90 Å². The van der Waals surface area contributed by atoms with E-state index in [9.17, 15) is 0 Å². The van der Waals surface area contributed by atoms with E-state index in [1.165, 1.54) is 50.9 Å². The largest absolute Gasteiger partial charge is 0.378 e. The molecule has 0 radical (unpaired) electrons. The fourth-order valence-corrected chi connectivity index (χ4v) is 4.41. The highest BCUT2D eigenvalue weighted by molar-refractivity contribution is 5.80. The van der Waals surface area contributed by atoms with Gasteiger partial charge in [0.25, 0.3) is 0 Å². The van der Waals surface area contributed by atoms with Crippen LogP contribution in [-0.2, 0) is 0 Å². The van der Waals surface area contributed by atoms with Gasteiger partial charge in [0.1, 0.15) is 19.6 Å². The van der Waals surface area contributed by atoms with Crippen LogP contribution in [0.1, 0.15) is 5.56 Å². The monoisotopic (exact) mass is 288 g/mol. The Kier molecular flexibility index (Phi) is 3.03. The van der Waals surface area contributed by atoms with E-state index in [1.54, 1.807) is 14.7 Å². The molecule has 112 valence electrons. The van der Waals surface area contributed by atoms with Crippen molar-refractivity contribution in [3.05, 3.63) is 29.8 Å². The van der Waals surface area contributed by atoms with E-state index in [0.29, 0.717) is 0 Å². The van der Waals surface area contributed by atoms with Gasteiger partial charge in [-0.15, -0.1) is 0 Å². The summed E-state index contributed by atoms with van der Waals surface area (Å²) in [5.41, 5.74) is 2.65. The van der Waals surface area contributed by atoms with Crippen LogP contribution in [0.4, 0.5) is 5.69 Å². The smallest absolute Gasteiger partial charge is 0.213 e. The number of aliphatic imine (C=N–C) groups is 1. The predicted molar refractivity (Wildman–Crippen MR) is 83.2 cm³/mol. The third kappa shape index (κ3) is 2.46. The van der Waals surface area contributed by atoms with Gasteiger partial charge in [0, 0.05) is 26.0 Å². The first-order chi connectivity index (χ1) is 10.1. The molecule has 0 atom stereocenters. The normalized spacial score (nSPS) is 37.3. The molecule has 1 aromatic rings. The molecule has 1 aromatic carbocycles. The molecular weight excluding hydrogens is 262 g/mol. The van der Waals surface area contributed by atoms with Crippen LogP contribution in [0.2, 0.25) is 0 Å². The van der Waals surface area contributed by atoms with Crippen LogP contribution >= 0.6 is 0 Å². The lowest BCUT2D eigenvalue weighted by atomic mass is 9.91. The summed E-state index contributed by atoms with van der Waals surface area (Å²) in [7, 11) is 4.15. The van der Waals surface area contributed by atoms with Crippen molar-refractivity contribution in [3.63, 3.8) is 0 Å². The highest BCUT2D eigenvalue weighted by Gasteiger charge is 2.57. The van der Waals surface area contributed by atoms with Gasteiger partial charge in [-0.3, -0.25) is 4.99 Å². The Labute approximate surface area is 126 Å². The Morgan fingerprint density at radius 1 is 0.952 bits per heavy atom. The molecule has 0 aromatic heterocycles. The van der Waals surface area contributed by atoms with Crippen molar-refractivity contribution in [2.45, 2.75) is 5.54 Å². The molecule has 4 fully saturated rings. The lowest BCUT2D eigenvalue weighted by Crippen LogP contribution is -3.56. The maximum Gasteiger partial charge on any atom is 0.213 e. The second-order valence-corrected chi connectivity index (χ2v) is 7.28. The second-order valence-electron chi connectivity index (χ2n) is 7.28. The zero-order chi connectivity index (χ0) is 14.4. The molecule has 3 N–H and O–H groups in total. The molecule has 0 unspecified atom stereocenters. The zero-order valence-corrected chi connectivity index (χ0v) is 13.0. The molecule has 5 heteroatoms. The van der Waals surface area contributed by atoms with Crippen molar-refractivity contribution in [1.82, 2.24) is 0 Å². The Balaban J connectivity index is 1.52. The lowest BCUT2D eigenvalue weighted by Gasteiger charge is -2.50. The van der Waals surface area contributed by atoms with Crippen molar-refractivity contribution < 1.29 is 14.7 Å². The average Bonchev–Trinajstić information content (AvgIpc) is 2.44. The van der Waals surface area contributed by atoms with Gasteiger partial charge >= 0.3 is 0 Å². The van der Waals surface area contributed by atoms with Gasteiger partial charge in [0.05, 0.1) is 0 Å². The molecule has 0 aliphatic carbocycles. The number of hydrogen-bond acceptors (Lipinski definition) is 2. The minimum Gasteiger partial charge on any atom is -0.378 e. The summed E-state index contributed by atoms with van der Waals surface area (Å²) in [5.74, 6) is 0. The molecule has 4 aliphatic rings. The maximum atomic E-state index is 5.06. The van der Waals surface area contributed by atoms with Crippen LogP contribution < -0.4 is 19.6 Å². The Morgan fingerprint density at radius 2 is 1.48 bits per heavy atom. The third-order valence-electron chi connectivity index (χ3n) is 5.13. The predicted octanol–water partition coefficient (Wildman–Crippen LogP) is -3.52. The van der Waals surface area contributed by atoms with E-state index in [-0.39, 0.29) is 5.54 Å². The molecule has 5 rings (SSSR count). The van der Waals surface area contributed by atoms with E-state index >= 15 is 0 Å². The minimum absolute atomic E-state index is 0.189. The SMILES string of the molecule is CN(C)c1ccc(C=NC23C[NH+]4C[NH+](C[NH+](C4)C2)C3)cc1. The number of hydrogen-bond donors (Lipinski definition) is 3. The first kappa shape index (κ1) is 13.2. The van der Waals surface area contributed by atoms with Crippen LogP contribution in [-0.4, -0.2) is 65.5 Å². The number of rotatable bonds is 3. The molecular formula is C16H26N5+3. The number of quaternary nitrogens is 3. The molecule has 4 aliphatic heterocycles. The molecule has 0 amide bonds. The average molecular weight is 288 g/mol. The Hall–Kier alpha value is -1.43. The van der Waals surface area contributed by atoms with Gasteiger partial charge in [-0.25, -0.2) is 14.7 Å². The van der Waals surface area contributed by atoms with Gasteiger partial charge in [-0.1, -0.05) is 12.1 Å². The summed E-state index contributed by atoms with van der Waals surface area (Å²) < 4.78 is 0. The quantitative estimate of drug-likeness (QED) is 0.495. The van der Waals surface area contributed by atoms with E-state index in [2.05, 4.69) is 49.5 Å². The van der Waals surface area contributed by atoms with E-state index in [4.69, 9.17) is 4.99 Å². The van der Waals surface area contributed by atoms with Crippen LogP contribution in [0.3, 0.4) is 0 Å². The zero-order valence-electron chi connectivity index (χ0n) is 13.0. The fourth-order valence-electron chi connectivity index (χ4n) is 4.41. The molecule has 4 bridgehead atoms. The summed E-state index contributed by atoms with van der Waals surface area (Å²) in [6.45, 7) is 7.60. The lowest BCUT2D eigenvalue weighted by molar-refractivity contribution is -1.29. The van der Waals surface area contributed by atoms with Crippen LogP contribution in [0.15, 0.2) is 29.3 Å².